The van der Waals surface area contributed by atoms with E-state index in [0.29, 0.717) is 12.1 Å². The fraction of sp³-hybridized carbons (Fsp3) is 0.472. The molecule has 216 valence electrons. The minimum atomic E-state index is -1.35. The van der Waals surface area contributed by atoms with E-state index in [4.69, 9.17) is 0 Å². The predicted molar refractivity (Wildman–Crippen MR) is 164 cm³/mol. The van der Waals surface area contributed by atoms with Gasteiger partial charge in [-0.2, -0.15) is 0 Å². The molecular weight excluding hydrogens is 506 g/mol. The van der Waals surface area contributed by atoms with Crippen molar-refractivity contribution in [2.45, 2.75) is 88.6 Å². The van der Waals surface area contributed by atoms with Crippen LogP contribution in [0.15, 0.2) is 84.9 Å². The van der Waals surface area contributed by atoms with Crippen molar-refractivity contribution in [2.75, 3.05) is 6.54 Å². The van der Waals surface area contributed by atoms with Gasteiger partial charge in [0.1, 0.15) is 5.60 Å². The SMILES string of the molecule is CC(C)[C@@H](NC(=O)N[C@H]1CC[C@H](CCN2[C@@H]3CC[C@H]2c2ccccc23)CC1)C(O)(c1ccccc1)c1ccccc1. The Hall–Kier alpha value is -3.15. The van der Waals surface area contributed by atoms with Crippen LogP contribution < -0.4 is 10.6 Å². The number of amides is 2. The number of urea groups is 1. The van der Waals surface area contributed by atoms with Crippen LogP contribution in [0.4, 0.5) is 4.79 Å². The Bertz CT molecular complexity index is 1230. The number of hydrogen-bond acceptors (Lipinski definition) is 3. The van der Waals surface area contributed by atoms with E-state index in [9.17, 15) is 9.90 Å². The summed E-state index contributed by atoms with van der Waals surface area (Å²) in [7, 11) is 0. The molecule has 6 rings (SSSR count). The minimum absolute atomic E-state index is 0.00826. The van der Waals surface area contributed by atoms with Crippen LogP contribution in [0.3, 0.4) is 0 Å². The Morgan fingerprint density at radius 1 is 0.805 bits per heavy atom. The normalized spacial score (nSPS) is 24.7. The molecule has 2 fully saturated rings. The largest absolute Gasteiger partial charge is 0.378 e. The zero-order valence-corrected chi connectivity index (χ0v) is 24.5. The molecule has 3 atom stereocenters. The fourth-order valence-corrected chi connectivity index (χ4v) is 7.92. The average Bonchev–Trinajstić information content (AvgIpc) is 3.56. The van der Waals surface area contributed by atoms with Crippen molar-refractivity contribution in [2.24, 2.45) is 11.8 Å². The number of carbonyl (C=O) groups is 1. The highest BCUT2D eigenvalue weighted by molar-refractivity contribution is 5.75. The lowest BCUT2D eigenvalue weighted by Crippen LogP contribution is -2.57. The van der Waals surface area contributed by atoms with Gasteiger partial charge in [-0.05, 0) is 85.6 Å². The molecule has 0 unspecified atom stereocenters. The predicted octanol–water partition coefficient (Wildman–Crippen LogP) is 7.09. The first-order valence-corrected chi connectivity index (χ1v) is 15.7. The van der Waals surface area contributed by atoms with Crippen molar-refractivity contribution in [1.82, 2.24) is 15.5 Å². The van der Waals surface area contributed by atoms with Crippen LogP contribution in [-0.4, -0.2) is 34.7 Å². The molecular formula is C36H45N3O2. The van der Waals surface area contributed by atoms with Gasteiger partial charge in [-0.1, -0.05) is 98.8 Å². The molecule has 3 aliphatic rings. The summed E-state index contributed by atoms with van der Waals surface area (Å²) >= 11 is 0. The molecule has 2 heterocycles. The first-order chi connectivity index (χ1) is 19.9. The Labute approximate surface area is 245 Å². The molecule has 1 aliphatic carbocycles. The van der Waals surface area contributed by atoms with E-state index in [1.807, 2.05) is 60.7 Å². The van der Waals surface area contributed by atoms with Crippen molar-refractivity contribution in [3.63, 3.8) is 0 Å². The van der Waals surface area contributed by atoms with Crippen LogP contribution >= 0.6 is 0 Å². The van der Waals surface area contributed by atoms with E-state index in [0.717, 1.165) is 42.7 Å². The van der Waals surface area contributed by atoms with Gasteiger partial charge >= 0.3 is 6.03 Å². The molecule has 5 nitrogen and oxygen atoms in total. The molecule has 0 radical (unpaired) electrons. The van der Waals surface area contributed by atoms with Crippen molar-refractivity contribution < 1.29 is 9.90 Å². The second-order valence-corrected chi connectivity index (χ2v) is 12.8. The maximum absolute atomic E-state index is 13.4. The lowest BCUT2D eigenvalue weighted by molar-refractivity contribution is 0.0232. The third-order valence-electron chi connectivity index (χ3n) is 10.0. The smallest absolute Gasteiger partial charge is 0.315 e. The minimum Gasteiger partial charge on any atom is -0.378 e. The number of benzene rings is 3. The monoisotopic (exact) mass is 551 g/mol. The van der Waals surface area contributed by atoms with E-state index in [1.54, 1.807) is 11.1 Å². The molecule has 3 aromatic rings. The molecule has 3 aromatic carbocycles. The second kappa shape index (κ2) is 12.0. The summed E-state index contributed by atoms with van der Waals surface area (Å²) in [4.78, 5) is 16.1. The zero-order valence-electron chi connectivity index (χ0n) is 24.5. The quantitative estimate of drug-likeness (QED) is 0.266. The molecule has 2 bridgehead atoms. The van der Waals surface area contributed by atoms with Gasteiger partial charge in [-0.3, -0.25) is 4.90 Å². The van der Waals surface area contributed by atoms with Crippen molar-refractivity contribution in [3.8, 4) is 0 Å². The summed E-state index contributed by atoms with van der Waals surface area (Å²) in [5.74, 6) is 0.734. The number of hydrogen-bond donors (Lipinski definition) is 3. The van der Waals surface area contributed by atoms with Gasteiger partial charge in [0.2, 0.25) is 0 Å². The van der Waals surface area contributed by atoms with E-state index in [1.165, 1.54) is 25.8 Å². The number of nitrogens with zero attached hydrogens (tertiary/aromatic N) is 1. The molecule has 1 saturated heterocycles. The number of rotatable bonds is 9. The van der Waals surface area contributed by atoms with Gasteiger partial charge in [0.15, 0.2) is 0 Å². The summed E-state index contributed by atoms with van der Waals surface area (Å²) in [5, 5.41) is 18.7. The van der Waals surface area contributed by atoms with Crippen LogP contribution in [0.5, 0.6) is 0 Å². The number of nitrogens with one attached hydrogen (secondary N) is 2. The van der Waals surface area contributed by atoms with Crippen LogP contribution in [0.2, 0.25) is 0 Å². The third-order valence-corrected chi connectivity index (χ3v) is 10.0. The van der Waals surface area contributed by atoms with Gasteiger partial charge in [-0.25, -0.2) is 4.79 Å². The molecule has 41 heavy (non-hydrogen) atoms. The molecule has 2 amide bonds. The van der Waals surface area contributed by atoms with E-state index >= 15 is 0 Å². The topological polar surface area (TPSA) is 64.6 Å². The summed E-state index contributed by atoms with van der Waals surface area (Å²) in [6.07, 6.45) is 8.19. The highest BCUT2D eigenvalue weighted by atomic mass is 16.3. The highest BCUT2D eigenvalue weighted by Crippen LogP contribution is 2.53. The van der Waals surface area contributed by atoms with Crippen molar-refractivity contribution >= 4 is 6.03 Å². The molecule has 0 aromatic heterocycles. The van der Waals surface area contributed by atoms with Crippen LogP contribution in [0.25, 0.3) is 0 Å². The molecule has 2 aliphatic heterocycles. The fourth-order valence-electron chi connectivity index (χ4n) is 7.92. The Morgan fingerprint density at radius 3 is 1.83 bits per heavy atom. The van der Waals surface area contributed by atoms with Gasteiger partial charge in [0.05, 0.1) is 6.04 Å². The van der Waals surface area contributed by atoms with Gasteiger partial charge in [-0.15, -0.1) is 0 Å². The second-order valence-electron chi connectivity index (χ2n) is 12.8. The maximum atomic E-state index is 13.4. The standard InChI is InChI=1S/C36H45N3O2/c1-25(2)34(36(41,27-11-5-3-6-12-27)28-13-7-4-8-14-28)38-35(40)37-29-19-17-26(18-20-29)23-24-39-32-21-22-33(39)31-16-10-9-15-30(31)32/h3-16,25-26,29,32-34,41H,17-24H2,1-2H3,(H2,37,38,40)/t26-,29-,32-,33+,34-/m1/s1. The van der Waals surface area contributed by atoms with E-state index in [-0.39, 0.29) is 18.0 Å². The third kappa shape index (κ3) is 5.54. The number of fused-ring (bicyclic) bond motifs is 5. The summed E-state index contributed by atoms with van der Waals surface area (Å²) < 4.78 is 0. The molecule has 5 heteroatoms. The van der Waals surface area contributed by atoms with Gasteiger partial charge in [0.25, 0.3) is 0 Å². The first kappa shape index (κ1) is 28.0. The van der Waals surface area contributed by atoms with Gasteiger partial charge in [0, 0.05) is 18.1 Å². The van der Waals surface area contributed by atoms with Crippen LogP contribution in [0.1, 0.15) is 93.1 Å². The molecule has 0 spiro atoms. The maximum Gasteiger partial charge on any atom is 0.315 e. The summed E-state index contributed by atoms with van der Waals surface area (Å²) in [6.45, 7) is 5.29. The summed E-state index contributed by atoms with van der Waals surface area (Å²) in [5.41, 5.74) is 3.34. The molecule has 1 saturated carbocycles. The highest BCUT2D eigenvalue weighted by Gasteiger charge is 2.44. The number of carbonyl (C=O) groups excluding carboxylic acids is 1. The van der Waals surface area contributed by atoms with E-state index in [2.05, 4.69) is 53.6 Å². The Kier molecular flexibility index (Phi) is 8.19. The Balaban J connectivity index is 1.04. The van der Waals surface area contributed by atoms with Crippen LogP contribution in [0, 0.1) is 11.8 Å². The zero-order chi connectivity index (χ0) is 28.4. The van der Waals surface area contributed by atoms with Crippen molar-refractivity contribution in [1.29, 1.82) is 0 Å². The lowest BCUT2D eigenvalue weighted by atomic mass is 9.76. The first-order valence-electron chi connectivity index (χ1n) is 15.7. The average molecular weight is 552 g/mol. The number of aliphatic hydroxyl groups is 1. The summed E-state index contributed by atoms with van der Waals surface area (Å²) in [6, 6.07) is 29.2. The van der Waals surface area contributed by atoms with Crippen molar-refractivity contribution in [3.05, 3.63) is 107 Å². The molecule has 3 N–H and O–H groups in total. The van der Waals surface area contributed by atoms with Gasteiger partial charge < -0.3 is 15.7 Å². The van der Waals surface area contributed by atoms with Crippen LogP contribution in [-0.2, 0) is 5.60 Å². The Morgan fingerprint density at radius 2 is 1.32 bits per heavy atom. The lowest BCUT2D eigenvalue weighted by Gasteiger charge is -2.40. The van der Waals surface area contributed by atoms with E-state index < -0.39 is 11.6 Å².